The van der Waals surface area contributed by atoms with E-state index in [-0.39, 0.29) is 30.0 Å². The maximum absolute atomic E-state index is 13.3. The Kier molecular flexibility index (Phi) is 7.10. The van der Waals surface area contributed by atoms with Crippen LogP contribution in [0.3, 0.4) is 0 Å². The molecule has 0 unspecified atom stereocenters. The van der Waals surface area contributed by atoms with Crippen molar-refractivity contribution < 1.29 is 28.2 Å². The maximum Gasteiger partial charge on any atom is 0.253 e. The van der Waals surface area contributed by atoms with Crippen LogP contribution in [0.25, 0.3) is 10.9 Å². The van der Waals surface area contributed by atoms with E-state index in [0.29, 0.717) is 30.0 Å². The van der Waals surface area contributed by atoms with Gasteiger partial charge in [0.05, 0.1) is 28.3 Å². The van der Waals surface area contributed by atoms with Gasteiger partial charge in [-0.2, -0.15) is 0 Å². The topological polar surface area (TPSA) is 80.7 Å². The van der Waals surface area contributed by atoms with Gasteiger partial charge in [0.25, 0.3) is 5.91 Å². The molecule has 1 saturated carbocycles. The maximum atomic E-state index is 13.3. The lowest BCUT2D eigenvalue weighted by atomic mass is 9.82. The van der Waals surface area contributed by atoms with Crippen molar-refractivity contribution in [2.45, 2.75) is 43.6 Å². The second-order valence-electron chi connectivity index (χ2n) is 7.60. The molecule has 164 valence electrons. The third kappa shape index (κ3) is 5.56. The molecule has 1 aliphatic carbocycles. The van der Waals surface area contributed by atoms with Gasteiger partial charge in [0.15, 0.2) is 0 Å². The highest BCUT2D eigenvalue weighted by Gasteiger charge is 2.42. The van der Waals surface area contributed by atoms with Crippen molar-refractivity contribution in [1.82, 2.24) is 10.3 Å². The largest absolute Gasteiger partial charge is 0.478 e. The number of rotatable bonds is 8. The van der Waals surface area contributed by atoms with E-state index < -0.39 is 30.3 Å². The molecule has 0 aliphatic heterocycles. The molecule has 30 heavy (non-hydrogen) atoms. The molecule has 2 aromatic rings. The standard InChI is InChI=1S/C21H25ClF2N2O4/c1-29-11-2-12-30-17-6-3-14-16(26-17)5-4-15(22)18(14)19(27)25-13-20(28)7-9-21(23,24)10-8-20/h3-6,28H,2,7-13H2,1H3,(H,25,27). The van der Waals surface area contributed by atoms with Crippen LogP contribution in [-0.4, -0.2) is 54.4 Å². The van der Waals surface area contributed by atoms with E-state index in [1.807, 2.05) is 0 Å². The number of benzene rings is 1. The summed E-state index contributed by atoms with van der Waals surface area (Å²) in [6.07, 6.45) is -0.222. The molecule has 0 atom stereocenters. The highest BCUT2D eigenvalue weighted by atomic mass is 35.5. The summed E-state index contributed by atoms with van der Waals surface area (Å²) < 4.78 is 37.3. The van der Waals surface area contributed by atoms with Crippen LogP contribution in [0.15, 0.2) is 24.3 Å². The Morgan fingerprint density at radius 3 is 2.63 bits per heavy atom. The first kappa shape index (κ1) is 22.7. The fourth-order valence-electron chi connectivity index (χ4n) is 3.44. The quantitative estimate of drug-likeness (QED) is 0.604. The number of nitrogens with zero attached hydrogens (tertiary/aromatic N) is 1. The SMILES string of the molecule is COCCCOc1ccc2c(C(=O)NCC3(O)CCC(F)(F)CC3)c(Cl)ccc2n1. The van der Waals surface area contributed by atoms with Crippen LogP contribution in [-0.2, 0) is 4.74 Å². The molecule has 2 N–H and O–H groups in total. The van der Waals surface area contributed by atoms with Gasteiger partial charge >= 0.3 is 0 Å². The molecule has 0 spiro atoms. The van der Waals surface area contributed by atoms with Gasteiger partial charge < -0.3 is 19.9 Å². The van der Waals surface area contributed by atoms with Crippen molar-refractivity contribution in [1.29, 1.82) is 0 Å². The van der Waals surface area contributed by atoms with Gasteiger partial charge in [-0.1, -0.05) is 11.6 Å². The van der Waals surface area contributed by atoms with Crippen LogP contribution in [0.2, 0.25) is 5.02 Å². The highest BCUT2D eigenvalue weighted by molar-refractivity contribution is 6.35. The summed E-state index contributed by atoms with van der Waals surface area (Å²) >= 11 is 6.25. The first-order chi connectivity index (χ1) is 14.2. The number of aliphatic hydroxyl groups is 1. The van der Waals surface area contributed by atoms with Crippen molar-refractivity contribution >= 4 is 28.4 Å². The summed E-state index contributed by atoms with van der Waals surface area (Å²) in [6, 6.07) is 6.60. The number of amides is 1. The molecule has 1 amide bonds. The minimum atomic E-state index is -2.76. The van der Waals surface area contributed by atoms with Crippen molar-refractivity contribution in [3.8, 4) is 5.88 Å². The molecule has 0 saturated heterocycles. The Morgan fingerprint density at radius 2 is 1.93 bits per heavy atom. The van der Waals surface area contributed by atoms with Crippen LogP contribution < -0.4 is 10.1 Å². The number of hydrogen-bond donors (Lipinski definition) is 2. The second-order valence-corrected chi connectivity index (χ2v) is 8.00. The molecule has 1 aromatic heterocycles. The zero-order chi connectivity index (χ0) is 21.8. The predicted octanol–water partition coefficient (Wildman–Crippen LogP) is 3.97. The van der Waals surface area contributed by atoms with E-state index >= 15 is 0 Å². The summed E-state index contributed by atoms with van der Waals surface area (Å²) in [7, 11) is 1.62. The van der Waals surface area contributed by atoms with E-state index in [4.69, 9.17) is 21.1 Å². The van der Waals surface area contributed by atoms with Crippen molar-refractivity contribution in [3.05, 3.63) is 34.9 Å². The van der Waals surface area contributed by atoms with Gasteiger partial charge in [0.1, 0.15) is 0 Å². The average molecular weight is 443 g/mol. The monoisotopic (exact) mass is 442 g/mol. The fourth-order valence-corrected chi connectivity index (χ4v) is 3.69. The number of ether oxygens (including phenoxy) is 2. The van der Waals surface area contributed by atoms with E-state index in [9.17, 15) is 18.7 Å². The van der Waals surface area contributed by atoms with Gasteiger partial charge in [-0.3, -0.25) is 4.79 Å². The number of methoxy groups -OCH3 is 1. The smallest absolute Gasteiger partial charge is 0.253 e. The first-order valence-electron chi connectivity index (χ1n) is 9.82. The second kappa shape index (κ2) is 9.41. The predicted molar refractivity (Wildman–Crippen MR) is 109 cm³/mol. The summed E-state index contributed by atoms with van der Waals surface area (Å²) in [6.45, 7) is 0.908. The molecule has 1 aliphatic rings. The summed E-state index contributed by atoms with van der Waals surface area (Å²) in [5, 5.41) is 13.9. The Hall–Kier alpha value is -2.03. The Balaban J connectivity index is 1.71. The van der Waals surface area contributed by atoms with E-state index in [2.05, 4.69) is 10.3 Å². The van der Waals surface area contributed by atoms with Crippen LogP contribution in [0.1, 0.15) is 42.5 Å². The lowest BCUT2D eigenvalue weighted by Gasteiger charge is -2.35. The van der Waals surface area contributed by atoms with Crippen molar-refractivity contribution in [2.75, 3.05) is 26.9 Å². The average Bonchev–Trinajstić information content (AvgIpc) is 2.72. The number of carbonyl (C=O) groups excluding carboxylic acids is 1. The minimum absolute atomic E-state index is 0.0745. The number of aromatic nitrogens is 1. The zero-order valence-corrected chi connectivity index (χ0v) is 17.5. The molecular formula is C21H25ClF2N2O4. The third-order valence-electron chi connectivity index (χ3n) is 5.25. The van der Waals surface area contributed by atoms with E-state index in [0.717, 1.165) is 6.42 Å². The first-order valence-corrected chi connectivity index (χ1v) is 10.2. The van der Waals surface area contributed by atoms with Crippen molar-refractivity contribution in [2.24, 2.45) is 0 Å². The number of alkyl halides is 2. The lowest BCUT2D eigenvalue weighted by Crippen LogP contribution is -2.47. The Morgan fingerprint density at radius 1 is 1.20 bits per heavy atom. The summed E-state index contributed by atoms with van der Waals surface area (Å²) in [5.41, 5.74) is -0.599. The zero-order valence-electron chi connectivity index (χ0n) is 16.7. The van der Waals surface area contributed by atoms with E-state index in [1.54, 1.807) is 31.4 Å². The molecule has 0 bridgehead atoms. The lowest BCUT2D eigenvalue weighted by molar-refractivity contribution is -0.101. The Bertz CT molecular complexity index is 900. The molecule has 6 nitrogen and oxygen atoms in total. The number of fused-ring (bicyclic) bond motifs is 1. The molecule has 0 radical (unpaired) electrons. The third-order valence-corrected chi connectivity index (χ3v) is 5.57. The molecule has 1 aromatic carbocycles. The molecule has 1 heterocycles. The van der Waals surface area contributed by atoms with Gasteiger partial charge in [-0.05, 0) is 31.0 Å². The van der Waals surface area contributed by atoms with Gasteiger partial charge in [0, 0.05) is 51.0 Å². The van der Waals surface area contributed by atoms with Gasteiger partial charge in [-0.25, -0.2) is 13.8 Å². The van der Waals surface area contributed by atoms with Crippen LogP contribution >= 0.6 is 11.6 Å². The van der Waals surface area contributed by atoms with Gasteiger partial charge in [-0.15, -0.1) is 0 Å². The summed E-state index contributed by atoms with van der Waals surface area (Å²) in [4.78, 5) is 17.2. The molecular weight excluding hydrogens is 418 g/mol. The van der Waals surface area contributed by atoms with Crippen LogP contribution in [0.4, 0.5) is 8.78 Å². The molecule has 9 heteroatoms. The van der Waals surface area contributed by atoms with Crippen molar-refractivity contribution in [3.63, 3.8) is 0 Å². The van der Waals surface area contributed by atoms with Gasteiger partial charge in [0.2, 0.25) is 11.8 Å². The van der Waals surface area contributed by atoms with Crippen LogP contribution in [0, 0.1) is 0 Å². The highest BCUT2D eigenvalue weighted by Crippen LogP contribution is 2.38. The minimum Gasteiger partial charge on any atom is -0.478 e. The number of nitrogens with one attached hydrogen (secondary N) is 1. The number of pyridine rings is 1. The number of halogens is 3. The molecule has 1 fully saturated rings. The Labute approximate surface area is 178 Å². The number of hydrogen-bond acceptors (Lipinski definition) is 5. The summed E-state index contributed by atoms with van der Waals surface area (Å²) in [5.74, 6) is -2.83. The molecule has 3 rings (SSSR count). The normalized spacial score (nSPS) is 17.6. The van der Waals surface area contributed by atoms with E-state index in [1.165, 1.54) is 0 Å². The van der Waals surface area contributed by atoms with Crippen LogP contribution in [0.5, 0.6) is 5.88 Å². The fraction of sp³-hybridized carbons (Fsp3) is 0.524. The number of carbonyl (C=O) groups is 1.